The molecule has 1 aliphatic rings. The Morgan fingerprint density at radius 2 is 2.10 bits per heavy atom. The van der Waals surface area contributed by atoms with Crippen molar-refractivity contribution >= 4 is 11.6 Å². The SMILES string of the molecule is N#Cc1cc(NC(=O)C2(CN)CCCCC2)ccc1F. The zero-order valence-electron chi connectivity index (χ0n) is 11.3. The lowest BCUT2D eigenvalue weighted by Crippen LogP contribution is -2.43. The van der Waals surface area contributed by atoms with E-state index in [1.54, 1.807) is 6.07 Å². The van der Waals surface area contributed by atoms with E-state index in [-0.39, 0.29) is 11.5 Å². The molecule has 4 nitrogen and oxygen atoms in total. The average Bonchev–Trinajstić information content (AvgIpc) is 2.49. The molecule has 0 bridgehead atoms. The first-order valence-electron chi connectivity index (χ1n) is 6.82. The van der Waals surface area contributed by atoms with Crippen molar-refractivity contribution in [3.63, 3.8) is 0 Å². The molecular formula is C15H18FN3O. The molecule has 106 valence electrons. The summed E-state index contributed by atoms with van der Waals surface area (Å²) in [6.07, 6.45) is 4.68. The number of nitriles is 1. The molecule has 1 aliphatic carbocycles. The van der Waals surface area contributed by atoms with Gasteiger partial charge in [0.25, 0.3) is 0 Å². The normalized spacial score (nSPS) is 17.2. The molecule has 3 N–H and O–H groups in total. The molecule has 0 aromatic heterocycles. The van der Waals surface area contributed by atoms with E-state index in [1.807, 2.05) is 0 Å². The number of amides is 1. The van der Waals surface area contributed by atoms with E-state index in [1.165, 1.54) is 18.2 Å². The summed E-state index contributed by atoms with van der Waals surface area (Å²) in [5.41, 5.74) is 5.63. The number of rotatable bonds is 3. The largest absolute Gasteiger partial charge is 0.329 e. The second-order valence-electron chi connectivity index (χ2n) is 5.31. The first kappa shape index (κ1) is 14.5. The molecular weight excluding hydrogens is 257 g/mol. The van der Waals surface area contributed by atoms with Crippen LogP contribution < -0.4 is 11.1 Å². The maximum Gasteiger partial charge on any atom is 0.231 e. The topological polar surface area (TPSA) is 78.9 Å². The second kappa shape index (κ2) is 6.02. The van der Waals surface area contributed by atoms with E-state index >= 15 is 0 Å². The van der Waals surface area contributed by atoms with Crippen molar-refractivity contribution in [1.82, 2.24) is 0 Å². The van der Waals surface area contributed by atoms with Crippen molar-refractivity contribution in [3.05, 3.63) is 29.6 Å². The molecule has 1 amide bonds. The van der Waals surface area contributed by atoms with Gasteiger partial charge in [-0.25, -0.2) is 4.39 Å². The zero-order chi connectivity index (χ0) is 14.6. The number of halogens is 1. The number of nitrogens with two attached hydrogens (primary N) is 1. The molecule has 0 heterocycles. The van der Waals surface area contributed by atoms with Crippen LogP contribution in [-0.4, -0.2) is 12.5 Å². The van der Waals surface area contributed by atoms with E-state index in [0.29, 0.717) is 12.2 Å². The highest BCUT2D eigenvalue weighted by atomic mass is 19.1. The first-order chi connectivity index (χ1) is 9.61. The van der Waals surface area contributed by atoms with Gasteiger partial charge in [0.2, 0.25) is 5.91 Å². The third kappa shape index (κ3) is 2.81. The molecule has 0 aliphatic heterocycles. The van der Waals surface area contributed by atoms with E-state index < -0.39 is 11.2 Å². The highest BCUT2D eigenvalue weighted by Crippen LogP contribution is 2.36. The highest BCUT2D eigenvalue weighted by Gasteiger charge is 2.38. The molecule has 1 aromatic carbocycles. The predicted octanol–water partition coefficient (Wildman–Crippen LogP) is 2.55. The van der Waals surface area contributed by atoms with Crippen molar-refractivity contribution in [3.8, 4) is 6.07 Å². The van der Waals surface area contributed by atoms with Gasteiger partial charge in [-0.1, -0.05) is 19.3 Å². The fourth-order valence-electron chi connectivity index (χ4n) is 2.70. The lowest BCUT2D eigenvalue weighted by Gasteiger charge is -2.34. The number of carbonyl (C=O) groups is 1. The standard InChI is InChI=1S/C15H18FN3O/c16-13-5-4-12(8-11(13)9-17)19-14(20)15(10-18)6-2-1-3-7-15/h4-5,8H,1-3,6-7,10,18H2,(H,19,20). The van der Waals surface area contributed by atoms with E-state index in [0.717, 1.165) is 32.1 Å². The Balaban J connectivity index is 2.16. The third-order valence-corrected chi connectivity index (χ3v) is 4.03. The fourth-order valence-corrected chi connectivity index (χ4v) is 2.70. The minimum atomic E-state index is -0.586. The molecule has 0 spiro atoms. The van der Waals surface area contributed by atoms with Gasteiger partial charge in [-0.3, -0.25) is 4.79 Å². The van der Waals surface area contributed by atoms with Gasteiger partial charge in [0, 0.05) is 12.2 Å². The Morgan fingerprint density at radius 3 is 2.70 bits per heavy atom. The molecule has 1 aromatic rings. The summed E-state index contributed by atoms with van der Waals surface area (Å²) in [7, 11) is 0. The molecule has 0 atom stereocenters. The van der Waals surface area contributed by atoms with E-state index in [2.05, 4.69) is 5.32 Å². The lowest BCUT2D eigenvalue weighted by atomic mass is 9.73. The molecule has 1 saturated carbocycles. The van der Waals surface area contributed by atoms with Crippen LogP contribution in [0.25, 0.3) is 0 Å². The van der Waals surface area contributed by atoms with E-state index in [4.69, 9.17) is 11.0 Å². The summed E-state index contributed by atoms with van der Waals surface area (Å²) in [5, 5.41) is 11.6. The molecule has 0 unspecified atom stereocenters. The molecule has 20 heavy (non-hydrogen) atoms. The Bertz CT molecular complexity index is 545. The van der Waals surface area contributed by atoms with Crippen molar-refractivity contribution in [1.29, 1.82) is 5.26 Å². The Morgan fingerprint density at radius 1 is 1.40 bits per heavy atom. The van der Waals surface area contributed by atoms with Gasteiger partial charge in [0.1, 0.15) is 11.9 Å². The van der Waals surface area contributed by atoms with Crippen molar-refractivity contribution in [2.45, 2.75) is 32.1 Å². The average molecular weight is 275 g/mol. The van der Waals surface area contributed by atoms with Crippen LogP contribution in [0.15, 0.2) is 18.2 Å². The van der Waals surface area contributed by atoms with Crippen LogP contribution in [-0.2, 0) is 4.79 Å². The highest BCUT2D eigenvalue weighted by molar-refractivity contribution is 5.95. The summed E-state index contributed by atoms with van der Waals surface area (Å²) >= 11 is 0. The minimum Gasteiger partial charge on any atom is -0.329 e. The van der Waals surface area contributed by atoms with Crippen molar-refractivity contribution in [2.24, 2.45) is 11.1 Å². The Labute approximate surface area is 117 Å². The second-order valence-corrected chi connectivity index (χ2v) is 5.31. The number of nitrogens with one attached hydrogen (secondary N) is 1. The number of nitrogens with zero attached hydrogens (tertiary/aromatic N) is 1. The summed E-state index contributed by atoms with van der Waals surface area (Å²) in [6, 6.07) is 5.75. The smallest absolute Gasteiger partial charge is 0.231 e. The van der Waals surface area contributed by atoms with Gasteiger partial charge in [-0.15, -0.1) is 0 Å². The van der Waals surface area contributed by atoms with Crippen LogP contribution in [0.3, 0.4) is 0 Å². The lowest BCUT2D eigenvalue weighted by molar-refractivity contribution is -0.126. The van der Waals surface area contributed by atoms with Gasteiger partial charge in [-0.05, 0) is 31.0 Å². The van der Waals surface area contributed by atoms with Crippen LogP contribution in [0.4, 0.5) is 10.1 Å². The number of carbonyl (C=O) groups excluding carboxylic acids is 1. The number of hydrogen-bond acceptors (Lipinski definition) is 3. The maximum absolute atomic E-state index is 13.2. The minimum absolute atomic E-state index is 0.0757. The molecule has 0 saturated heterocycles. The Hall–Kier alpha value is -1.93. The van der Waals surface area contributed by atoms with Gasteiger partial charge < -0.3 is 11.1 Å². The molecule has 5 heteroatoms. The third-order valence-electron chi connectivity index (χ3n) is 4.03. The number of hydrogen-bond donors (Lipinski definition) is 2. The predicted molar refractivity (Wildman–Crippen MR) is 74.3 cm³/mol. The summed E-state index contributed by atoms with van der Waals surface area (Å²) in [6.45, 7) is 0.311. The number of anilines is 1. The zero-order valence-corrected chi connectivity index (χ0v) is 11.3. The van der Waals surface area contributed by atoms with Crippen LogP contribution in [0.1, 0.15) is 37.7 Å². The monoisotopic (exact) mass is 275 g/mol. The van der Waals surface area contributed by atoms with Gasteiger partial charge in [0.15, 0.2) is 0 Å². The van der Waals surface area contributed by atoms with Crippen LogP contribution in [0, 0.1) is 22.6 Å². The maximum atomic E-state index is 13.2. The quantitative estimate of drug-likeness (QED) is 0.889. The molecule has 1 fully saturated rings. The van der Waals surface area contributed by atoms with Crippen LogP contribution in [0.5, 0.6) is 0 Å². The summed E-state index contributed by atoms with van der Waals surface area (Å²) < 4.78 is 13.2. The van der Waals surface area contributed by atoms with E-state index in [9.17, 15) is 9.18 Å². The molecule has 2 rings (SSSR count). The fraction of sp³-hybridized carbons (Fsp3) is 0.467. The summed E-state index contributed by atoms with van der Waals surface area (Å²) in [5.74, 6) is -0.716. The van der Waals surface area contributed by atoms with Gasteiger partial charge in [-0.2, -0.15) is 5.26 Å². The van der Waals surface area contributed by atoms with Gasteiger partial charge >= 0.3 is 0 Å². The van der Waals surface area contributed by atoms with Crippen molar-refractivity contribution < 1.29 is 9.18 Å². The first-order valence-corrected chi connectivity index (χ1v) is 6.82. The molecule has 0 radical (unpaired) electrons. The number of benzene rings is 1. The van der Waals surface area contributed by atoms with Gasteiger partial charge in [0.05, 0.1) is 11.0 Å². The van der Waals surface area contributed by atoms with Crippen LogP contribution in [0.2, 0.25) is 0 Å². The summed E-state index contributed by atoms with van der Waals surface area (Å²) in [4.78, 5) is 12.4. The van der Waals surface area contributed by atoms with Crippen molar-refractivity contribution in [2.75, 3.05) is 11.9 Å². The van der Waals surface area contributed by atoms with Crippen LogP contribution >= 0.6 is 0 Å². The Kier molecular flexibility index (Phi) is 4.35.